The molecule has 3 amide bonds. The lowest BCUT2D eigenvalue weighted by Gasteiger charge is -2.30. The highest BCUT2D eigenvalue weighted by Gasteiger charge is 2.56. The van der Waals surface area contributed by atoms with Gasteiger partial charge in [-0.25, -0.2) is 4.90 Å². The number of nitrogens with zero attached hydrogens (tertiary/aromatic N) is 2. The minimum absolute atomic E-state index is 0.152. The Labute approximate surface area is 242 Å². The SMILES string of the molecule is COc1cc([C@H]2c3sc(=O)[nH]c3SC3C(=O)N(c4ccc(Cl)cc4)C(=O)C32)ccc1OCC(=O)N1CCOCC1. The van der Waals surface area contributed by atoms with Gasteiger partial charge in [-0.3, -0.25) is 19.2 Å². The Morgan fingerprint density at radius 3 is 2.55 bits per heavy atom. The average Bonchev–Trinajstić information content (AvgIpc) is 3.46. The molecule has 0 radical (unpaired) electrons. The van der Waals surface area contributed by atoms with Crippen LogP contribution in [0.5, 0.6) is 11.5 Å². The summed E-state index contributed by atoms with van der Waals surface area (Å²) in [7, 11) is 1.49. The van der Waals surface area contributed by atoms with Crippen molar-refractivity contribution in [3.05, 3.63) is 67.6 Å². The summed E-state index contributed by atoms with van der Waals surface area (Å²) in [6, 6.07) is 11.7. The molecule has 3 aromatic rings. The molecule has 3 atom stereocenters. The molecule has 0 bridgehead atoms. The van der Waals surface area contributed by atoms with Crippen molar-refractivity contribution < 1.29 is 28.6 Å². The molecule has 0 aliphatic carbocycles. The van der Waals surface area contributed by atoms with Crippen molar-refractivity contribution in [3.63, 3.8) is 0 Å². The monoisotopic (exact) mass is 601 g/mol. The molecular weight excluding hydrogens is 578 g/mol. The van der Waals surface area contributed by atoms with Gasteiger partial charge in [-0.05, 0) is 42.0 Å². The van der Waals surface area contributed by atoms with Gasteiger partial charge in [0, 0.05) is 28.9 Å². The smallest absolute Gasteiger partial charge is 0.305 e. The molecule has 2 unspecified atom stereocenters. The highest BCUT2D eigenvalue weighted by atomic mass is 35.5. The Bertz CT molecular complexity index is 1530. The molecule has 3 aliphatic rings. The molecule has 6 rings (SSSR count). The second-order valence-corrected chi connectivity index (χ2v) is 12.0. The number of hydrogen-bond donors (Lipinski definition) is 1. The summed E-state index contributed by atoms with van der Waals surface area (Å²) in [4.78, 5) is 58.5. The van der Waals surface area contributed by atoms with E-state index in [0.29, 0.717) is 64.0 Å². The van der Waals surface area contributed by atoms with E-state index in [0.717, 1.165) is 11.3 Å². The molecule has 3 aliphatic heterocycles. The number of aromatic nitrogens is 1. The van der Waals surface area contributed by atoms with Gasteiger partial charge in [-0.1, -0.05) is 40.8 Å². The van der Waals surface area contributed by atoms with Crippen LogP contribution < -0.4 is 19.2 Å². The molecule has 1 aromatic heterocycles. The molecule has 1 N–H and O–H groups in total. The quantitative estimate of drug-likeness (QED) is 0.428. The van der Waals surface area contributed by atoms with Crippen LogP contribution in [0.15, 0.2) is 52.3 Å². The summed E-state index contributed by atoms with van der Waals surface area (Å²) in [5, 5.41) is 0.350. The first-order chi connectivity index (χ1) is 19.4. The number of morpholine rings is 1. The van der Waals surface area contributed by atoms with Crippen molar-refractivity contribution in [2.75, 3.05) is 44.9 Å². The number of thiazole rings is 1. The Morgan fingerprint density at radius 1 is 1.07 bits per heavy atom. The second-order valence-electron chi connectivity index (χ2n) is 9.43. The van der Waals surface area contributed by atoms with Gasteiger partial charge in [0.05, 0.1) is 37.0 Å². The third kappa shape index (κ3) is 4.78. The van der Waals surface area contributed by atoms with Crippen LogP contribution in [-0.2, 0) is 19.1 Å². The molecule has 40 heavy (non-hydrogen) atoms. The molecular formula is C27H24ClN3O7S2. The van der Waals surface area contributed by atoms with E-state index < -0.39 is 17.1 Å². The summed E-state index contributed by atoms with van der Waals surface area (Å²) in [5.41, 5.74) is 1.13. The number of fused-ring (bicyclic) bond motifs is 2. The van der Waals surface area contributed by atoms with Gasteiger partial charge in [-0.2, -0.15) is 0 Å². The van der Waals surface area contributed by atoms with Crippen LogP contribution >= 0.6 is 34.7 Å². The lowest BCUT2D eigenvalue weighted by atomic mass is 9.83. The van der Waals surface area contributed by atoms with E-state index in [4.69, 9.17) is 25.8 Å². The predicted molar refractivity (Wildman–Crippen MR) is 150 cm³/mol. The van der Waals surface area contributed by atoms with E-state index in [2.05, 4.69) is 4.98 Å². The Hall–Kier alpha value is -3.32. The minimum Gasteiger partial charge on any atom is -0.493 e. The molecule has 13 heteroatoms. The number of halogens is 1. The average molecular weight is 602 g/mol. The van der Waals surface area contributed by atoms with E-state index in [1.165, 1.54) is 23.8 Å². The van der Waals surface area contributed by atoms with Crippen molar-refractivity contribution in [2.45, 2.75) is 16.2 Å². The first-order valence-corrected chi connectivity index (χ1v) is 14.6. The van der Waals surface area contributed by atoms with Crippen LogP contribution in [0, 0.1) is 5.92 Å². The lowest BCUT2D eigenvalue weighted by Crippen LogP contribution is -2.43. The number of carbonyl (C=O) groups excluding carboxylic acids is 3. The van der Waals surface area contributed by atoms with Gasteiger partial charge in [0.25, 0.3) is 5.91 Å². The molecule has 0 saturated carbocycles. The molecule has 10 nitrogen and oxygen atoms in total. The number of methoxy groups -OCH3 is 1. The zero-order chi connectivity index (χ0) is 28.0. The molecule has 0 spiro atoms. The maximum atomic E-state index is 13.9. The van der Waals surface area contributed by atoms with Gasteiger partial charge in [0.1, 0.15) is 5.25 Å². The van der Waals surface area contributed by atoms with Crippen molar-refractivity contribution >= 4 is 58.1 Å². The fraction of sp³-hybridized carbons (Fsp3) is 0.333. The Balaban J connectivity index is 1.32. The number of hydrogen-bond acceptors (Lipinski definition) is 9. The second kappa shape index (κ2) is 10.9. The van der Waals surface area contributed by atoms with Crippen LogP contribution in [0.25, 0.3) is 0 Å². The first kappa shape index (κ1) is 26.9. The zero-order valence-electron chi connectivity index (χ0n) is 21.3. The summed E-state index contributed by atoms with van der Waals surface area (Å²) in [6.07, 6.45) is 0. The molecule has 208 valence electrons. The number of thioether (sulfide) groups is 1. The maximum Gasteiger partial charge on any atom is 0.305 e. The number of rotatable bonds is 6. The molecule has 2 fully saturated rings. The number of anilines is 1. The van der Waals surface area contributed by atoms with Crippen LogP contribution in [0.1, 0.15) is 16.4 Å². The fourth-order valence-corrected chi connectivity index (χ4v) is 7.90. The number of amides is 3. The molecule has 2 saturated heterocycles. The third-order valence-electron chi connectivity index (χ3n) is 7.17. The van der Waals surface area contributed by atoms with E-state index in [9.17, 15) is 19.2 Å². The van der Waals surface area contributed by atoms with Crippen molar-refractivity contribution in [1.29, 1.82) is 0 Å². The van der Waals surface area contributed by atoms with E-state index in [-0.39, 0.29) is 29.2 Å². The first-order valence-electron chi connectivity index (χ1n) is 12.5. The standard InChI is InChI=1S/C27H24ClN3O7S2/c1-36-18-12-14(2-7-17(18)38-13-19(32)30-8-10-37-11-9-30)20-21-23(39-24-22(20)40-27(35)29-24)26(34)31(25(21)33)16-5-3-15(28)4-6-16/h2-7,12,20-21,23H,8-11,13H2,1H3,(H,29,35)/t20-,21?,23?/m1/s1. The topological polar surface area (TPSA) is 118 Å². The summed E-state index contributed by atoms with van der Waals surface area (Å²) >= 11 is 8.26. The molecule has 2 aromatic carbocycles. The minimum atomic E-state index is -0.744. The Morgan fingerprint density at radius 2 is 1.82 bits per heavy atom. The van der Waals surface area contributed by atoms with E-state index >= 15 is 0 Å². The van der Waals surface area contributed by atoms with Gasteiger partial charge in [-0.15, -0.1) is 0 Å². The number of nitrogens with one attached hydrogen (secondary N) is 1. The van der Waals surface area contributed by atoms with E-state index in [1.54, 1.807) is 47.4 Å². The Kier molecular flexibility index (Phi) is 7.34. The predicted octanol–water partition coefficient (Wildman–Crippen LogP) is 3.13. The highest BCUT2D eigenvalue weighted by Crippen LogP contribution is 2.53. The number of aromatic amines is 1. The van der Waals surface area contributed by atoms with Crippen LogP contribution in [0.2, 0.25) is 5.02 Å². The largest absolute Gasteiger partial charge is 0.493 e. The van der Waals surface area contributed by atoms with Gasteiger partial charge < -0.3 is 24.1 Å². The van der Waals surface area contributed by atoms with Crippen molar-refractivity contribution in [1.82, 2.24) is 9.88 Å². The fourth-order valence-electron chi connectivity index (χ4n) is 5.26. The molecule has 4 heterocycles. The number of carbonyl (C=O) groups is 3. The van der Waals surface area contributed by atoms with Crippen LogP contribution in [-0.4, -0.2) is 72.9 Å². The normalized spacial score (nSPS) is 22.2. The van der Waals surface area contributed by atoms with Crippen LogP contribution in [0.4, 0.5) is 5.69 Å². The number of benzene rings is 2. The van der Waals surface area contributed by atoms with Crippen molar-refractivity contribution in [2.24, 2.45) is 5.92 Å². The highest BCUT2D eigenvalue weighted by molar-refractivity contribution is 8.00. The van der Waals surface area contributed by atoms with E-state index in [1.807, 2.05) is 0 Å². The summed E-state index contributed by atoms with van der Waals surface area (Å²) in [5.74, 6) is -1.43. The number of H-pyrrole nitrogens is 1. The van der Waals surface area contributed by atoms with Crippen LogP contribution in [0.3, 0.4) is 0 Å². The number of imide groups is 1. The van der Waals surface area contributed by atoms with Gasteiger partial charge in [0.15, 0.2) is 18.1 Å². The summed E-state index contributed by atoms with van der Waals surface area (Å²) < 4.78 is 16.7. The summed E-state index contributed by atoms with van der Waals surface area (Å²) in [6.45, 7) is 1.86. The van der Waals surface area contributed by atoms with Crippen molar-refractivity contribution in [3.8, 4) is 11.5 Å². The third-order valence-corrected chi connectivity index (χ3v) is 9.82. The van der Waals surface area contributed by atoms with Gasteiger partial charge in [0.2, 0.25) is 11.8 Å². The number of ether oxygens (including phenoxy) is 3. The lowest BCUT2D eigenvalue weighted by molar-refractivity contribution is -0.137. The van der Waals surface area contributed by atoms with Gasteiger partial charge >= 0.3 is 4.87 Å². The zero-order valence-corrected chi connectivity index (χ0v) is 23.6. The maximum absolute atomic E-state index is 13.9.